The molecule has 0 amide bonds. The molecule has 0 aliphatic heterocycles. The third-order valence-electron chi connectivity index (χ3n) is 4.65. The van der Waals surface area contributed by atoms with Crippen molar-refractivity contribution in [1.82, 2.24) is 19.9 Å². The Morgan fingerprint density at radius 2 is 1.86 bits per heavy atom. The molecule has 2 heterocycles. The number of carbonyl (C=O) groups is 1. The third-order valence-corrected chi connectivity index (χ3v) is 4.65. The first-order valence-corrected chi connectivity index (χ1v) is 9.58. The average molecular weight is 386 g/mol. The number of fused-ring (bicyclic) bond motifs is 1. The van der Waals surface area contributed by atoms with Gasteiger partial charge in [0, 0.05) is 31.2 Å². The minimum Gasteiger partial charge on any atom is -0.462 e. The quantitative estimate of drug-likeness (QED) is 0.488. The summed E-state index contributed by atoms with van der Waals surface area (Å²) in [7, 11) is 0. The van der Waals surface area contributed by atoms with Crippen molar-refractivity contribution in [1.29, 1.82) is 0 Å². The number of imidazole rings is 1. The van der Waals surface area contributed by atoms with Gasteiger partial charge in [0.25, 0.3) is 0 Å². The molecule has 0 spiro atoms. The molecule has 6 nitrogen and oxygen atoms in total. The Labute approximate surface area is 169 Å². The predicted octanol–water partition coefficient (Wildman–Crippen LogP) is 3.89. The summed E-state index contributed by atoms with van der Waals surface area (Å²) in [4.78, 5) is 20.4. The maximum atomic E-state index is 11.9. The van der Waals surface area contributed by atoms with E-state index in [1.54, 1.807) is 37.8 Å². The van der Waals surface area contributed by atoms with Gasteiger partial charge in [0.2, 0.25) is 0 Å². The van der Waals surface area contributed by atoms with Crippen LogP contribution in [0, 0.1) is 0 Å². The summed E-state index contributed by atoms with van der Waals surface area (Å²) in [5.74, 6) is -0.328. The lowest BCUT2D eigenvalue weighted by atomic mass is 10.1. The Bertz CT molecular complexity index is 1120. The maximum absolute atomic E-state index is 11.9. The largest absolute Gasteiger partial charge is 0.462 e. The van der Waals surface area contributed by atoms with Crippen LogP contribution in [0.15, 0.2) is 73.3 Å². The molecule has 0 aliphatic carbocycles. The van der Waals surface area contributed by atoms with Crippen LogP contribution < -0.4 is 5.32 Å². The number of esters is 1. The van der Waals surface area contributed by atoms with Crippen LogP contribution in [0.2, 0.25) is 0 Å². The molecule has 0 fully saturated rings. The molecule has 29 heavy (non-hydrogen) atoms. The lowest BCUT2D eigenvalue weighted by Gasteiger charge is -2.09. The molecule has 6 heteroatoms. The van der Waals surface area contributed by atoms with Gasteiger partial charge in [-0.25, -0.2) is 9.78 Å². The van der Waals surface area contributed by atoms with Gasteiger partial charge >= 0.3 is 5.97 Å². The van der Waals surface area contributed by atoms with Gasteiger partial charge in [-0.05, 0) is 60.5 Å². The molecule has 0 saturated carbocycles. The van der Waals surface area contributed by atoms with E-state index >= 15 is 0 Å². The molecule has 0 unspecified atom stereocenters. The number of pyridine rings is 1. The van der Waals surface area contributed by atoms with Crippen molar-refractivity contribution in [3.05, 3.63) is 90.0 Å². The molecule has 0 aliphatic rings. The van der Waals surface area contributed by atoms with Crippen LogP contribution in [-0.2, 0) is 17.8 Å². The van der Waals surface area contributed by atoms with Crippen LogP contribution in [0.5, 0.6) is 0 Å². The molecular formula is C23H22N4O2. The van der Waals surface area contributed by atoms with Crippen LogP contribution in [0.25, 0.3) is 16.7 Å². The monoisotopic (exact) mass is 386 g/mol. The number of ether oxygens (including phenoxy) is 1. The van der Waals surface area contributed by atoms with E-state index in [2.05, 4.69) is 27.4 Å². The van der Waals surface area contributed by atoms with E-state index in [0.29, 0.717) is 12.2 Å². The first-order valence-electron chi connectivity index (χ1n) is 9.58. The molecule has 2 aromatic heterocycles. The lowest BCUT2D eigenvalue weighted by Crippen LogP contribution is -2.12. The molecule has 0 bridgehead atoms. The van der Waals surface area contributed by atoms with Crippen LogP contribution in [-0.4, -0.2) is 27.1 Å². The summed E-state index contributed by atoms with van der Waals surface area (Å²) < 4.78 is 7.09. The zero-order valence-corrected chi connectivity index (χ0v) is 16.2. The van der Waals surface area contributed by atoms with Gasteiger partial charge in [0.05, 0.1) is 23.2 Å². The zero-order valence-electron chi connectivity index (χ0n) is 16.2. The van der Waals surface area contributed by atoms with Crippen molar-refractivity contribution in [3.63, 3.8) is 0 Å². The van der Waals surface area contributed by atoms with E-state index < -0.39 is 0 Å². The van der Waals surface area contributed by atoms with Crippen LogP contribution in [0.4, 0.5) is 0 Å². The smallest absolute Gasteiger partial charge is 0.338 e. The number of benzene rings is 2. The number of rotatable bonds is 7. The summed E-state index contributed by atoms with van der Waals surface area (Å²) in [5, 5.41) is 3.46. The van der Waals surface area contributed by atoms with Crippen molar-refractivity contribution in [2.75, 3.05) is 6.61 Å². The fraction of sp³-hybridized carbons (Fsp3) is 0.174. The molecule has 1 N–H and O–H groups in total. The Balaban J connectivity index is 1.51. The van der Waals surface area contributed by atoms with Gasteiger partial charge in [-0.3, -0.25) is 9.55 Å². The Kier molecular flexibility index (Phi) is 5.63. The van der Waals surface area contributed by atoms with Crippen molar-refractivity contribution >= 4 is 17.0 Å². The molecule has 4 rings (SSSR count). The number of nitrogens with one attached hydrogen (secondary N) is 1. The summed E-state index contributed by atoms with van der Waals surface area (Å²) in [6, 6.07) is 17.8. The van der Waals surface area contributed by atoms with E-state index in [-0.39, 0.29) is 5.97 Å². The van der Waals surface area contributed by atoms with E-state index in [1.807, 2.05) is 34.9 Å². The zero-order chi connectivity index (χ0) is 20.1. The van der Waals surface area contributed by atoms with Crippen molar-refractivity contribution in [2.45, 2.75) is 20.0 Å². The molecular weight excluding hydrogens is 364 g/mol. The Morgan fingerprint density at radius 1 is 1.03 bits per heavy atom. The van der Waals surface area contributed by atoms with Gasteiger partial charge in [0.15, 0.2) is 0 Å². The van der Waals surface area contributed by atoms with Crippen LogP contribution >= 0.6 is 0 Å². The standard InChI is InChI=1S/C23H22N4O2/c1-2-29-23(28)19-6-7-22-21(13-19)26-16-27(22)20-5-3-4-18(12-20)15-25-14-17-8-10-24-11-9-17/h3-13,16,25H,2,14-15H2,1H3. The number of hydrogen-bond acceptors (Lipinski definition) is 5. The molecule has 2 aromatic carbocycles. The van der Waals surface area contributed by atoms with Crippen LogP contribution in [0.3, 0.4) is 0 Å². The van der Waals surface area contributed by atoms with Gasteiger partial charge in [-0.2, -0.15) is 0 Å². The summed E-state index contributed by atoms with van der Waals surface area (Å²) in [6.07, 6.45) is 5.38. The second kappa shape index (κ2) is 8.67. The van der Waals surface area contributed by atoms with Gasteiger partial charge in [0.1, 0.15) is 6.33 Å². The van der Waals surface area contributed by atoms with Gasteiger partial charge < -0.3 is 10.1 Å². The average Bonchev–Trinajstić information content (AvgIpc) is 3.18. The second-order valence-electron chi connectivity index (χ2n) is 6.67. The van der Waals surface area contributed by atoms with Crippen molar-refractivity contribution in [2.24, 2.45) is 0 Å². The fourth-order valence-corrected chi connectivity index (χ4v) is 3.23. The van der Waals surface area contributed by atoms with E-state index in [0.717, 1.165) is 29.8 Å². The van der Waals surface area contributed by atoms with E-state index in [4.69, 9.17) is 4.74 Å². The first kappa shape index (κ1) is 18.8. The highest BCUT2D eigenvalue weighted by molar-refractivity contribution is 5.94. The summed E-state index contributed by atoms with van der Waals surface area (Å²) in [6.45, 7) is 3.70. The fourth-order valence-electron chi connectivity index (χ4n) is 3.23. The number of aromatic nitrogens is 3. The Morgan fingerprint density at radius 3 is 2.69 bits per heavy atom. The highest BCUT2D eigenvalue weighted by Gasteiger charge is 2.11. The molecule has 0 radical (unpaired) electrons. The second-order valence-corrected chi connectivity index (χ2v) is 6.67. The van der Waals surface area contributed by atoms with E-state index in [9.17, 15) is 4.79 Å². The van der Waals surface area contributed by atoms with E-state index in [1.165, 1.54) is 11.1 Å². The Hall–Kier alpha value is -3.51. The SMILES string of the molecule is CCOC(=O)c1ccc2c(c1)ncn2-c1cccc(CNCc2ccncc2)c1. The van der Waals surface area contributed by atoms with Crippen LogP contribution in [0.1, 0.15) is 28.4 Å². The van der Waals surface area contributed by atoms with Crippen molar-refractivity contribution < 1.29 is 9.53 Å². The predicted molar refractivity (Wildman–Crippen MR) is 112 cm³/mol. The lowest BCUT2D eigenvalue weighted by molar-refractivity contribution is 0.0526. The topological polar surface area (TPSA) is 69.0 Å². The molecule has 0 saturated heterocycles. The normalized spacial score (nSPS) is 10.9. The molecule has 146 valence electrons. The molecule has 0 atom stereocenters. The first-order chi connectivity index (χ1) is 14.2. The van der Waals surface area contributed by atoms with Crippen molar-refractivity contribution in [3.8, 4) is 5.69 Å². The highest BCUT2D eigenvalue weighted by Crippen LogP contribution is 2.21. The highest BCUT2D eigenvalue weighted by atomic mass is 16.5. The minimum atomic E-state index is -0.328. The summed E-state index contributed by atoms with van der Waals surface area (Å²) in [5.41, 5.74) is 5.63. The number of hydrogen-bond donors (Lipinski definition) is 1. The number of nitrogens with zero attached hydrogens (tertiary/aromatic N) is 3. The van der Waals surface area contributed by atoms with Gasteiger partial charge in [-0.1, -0.05) is 12.1 Å². The molecule has 4 aromatic rings. The number of carbonyl (C=O) groups excluding carboxylic acids is 1. The third kappa shape index (κ3) is 4.33. The summed E-state index contributed by atoms with van der Waals surface area (Å²) >= 11 is 0. The maximum Gasteiger partial charge on any atom is 0.338 e. The minimum absolute atomic E-state index is 0.328. The van der Waals surface area contributed by atoms with Gasteiger partial charge in [-0.15, -0.1) is 0 Å².